The lowest BCUT2D eigenvalue weighted by Gasteiger charge is -2.10. The Morgan fingerprint density at radius 1 is 1.12 bits per heavy atom. The molecular weight excluding hydrogens is 432 g/mol. The van der Waals surface area contributed by atoms with E-state index in [4.69, 9.17) is 16.2 Å². The highest BCUT2D eigenvalue weighted by Gasteiger charge is 2.22. The molecule has 0 aliphatic rings. The van der Waals surface area contributed by atoms with Crippen molar-refractivity contribution in [2.24, 2.45) is 5.73 Å². The van der Waals surface area contributed by atoms with E-state index in [0.29, 0.717) is 46.8 Å². The number of aromatic nitrogens is 3. The first-order valence-electron chi connectivity index (χ1n) is 10.5. The second-order valence-electron chi connectivity index (χ2n) is 7.42. The zero-order chi connectivity index (χ0) is 24.1. The monoisotopic (exact) mass is 454 g/mol. The lowest BCUT2D eigenvalue weighted by atomic mass is 10.0. The number of hydrogen-bond acceptors (Lipinski definition) is 7. The van der Waals surface area contributed by atoms with Crippen molar-refractivity contribution in [1.82, 2.24) is 14.5 Å². The molecule has 0 aliphatic heterocycles. The predicted octanol–water partition coefficient (Wildman–Crippen LogP) is 3.25. The Hall–Kier alpha value is -4.68. The SMILES string of the molecule is N#C/C(=C\c1c(-c2ccc(Oc3ccccc3)cc2)c2c(N)ncnc2n1CCCO)C(N)=O. The molecule has 0 fully saturated rings. The molecule has 0 spiro atoms. The van der Waals surface area contributed by atoms with E-state index < -0.39 is 5.91 Å². The van der Waals surface area contributed by atoms with Crippen molar-refractivity contribution in [2.75, 3.05) is 12.3 Å². The van der Waals surface area contributed by atoms with Crippen LogP contribution in [0.25, 0.3) is 28.2 Å². The van der Waals surface area contributed by atoms with Crippen molar-refractivity contribution in [3.8, 4) is 28.7 Å². The number of ether oxygens (including phenoxy) is 1. The van der Waals surface area contributed by atoms with Crippen LogP contribution < -0.4 is 16.2 Å². The summed E-state index contributed by atoms with van der Waals surface area (Å²) in [6.07, 6.45) is 3.20. The fourth-order valence-electron chi connectivity index (χ4n) is 3.72. The number of carbonyl (C=O) groups is 1. The lowest BCUT2D eigenvalue weighted by Crippen LogP contribution is -2.13. The van der Waals surface area contributed by atoms with Crippen molar-refractivity contribution in [2.45, 2.75) is 13.0 Å². The van der Waals surface area contributed by atoms with Gasteiger partial charge in [-0.1, -0.05) is 30.3 Å². The summed E-state index contributed by atoms with van der Waals surface area (Å²) in [5.74, 6) is 0.741. The van der Waals surface area contributed by atoms with Crippen LogP contribution in [0.1, 0.15) is 12.1 Å². The first-order valence-corrected chi connectivity index (χ1v) is 10.5. The molecule has 0 bridgehead atoms. The molecule has 0 atom stereocenters. The van der Waals surface area contributed by atoms with E-state index in [1.807, 2.05) is 60.7 Å². The average molecular weight is 454 g/mol. The van der Waals surface area contributed by atoms with Crippen LogP contribution in [0.5, 0.6) is 11.5 Å². The third kappa shape index (κ3) is 4.44. The summed E-state index contributed by atoms with van der Waals surface area (Å²) >= 11 is 0. The molecule has 0 radical (unpaired) electrons. The highest BCUT2D eigenvalue weighted by molar-refractivity contribution is 6.07. The van der Waals surface area contributed by atoms with Gasteiger partial charge >= 0.3 is 0 Å². The minimum absolute atomic E-state index is 0.0504. The summed E-state index contributed by atoms with van der Waals surface area (Å²) in [5, 5.41) is 19.4. The molecule has 170 valence electrons. The maximum Gasteiger partial charge on any atom is 0.259 e. The van der Waals surface area contributed by atoms with Gasteiger partial charge in [0.25, 0.3) is 5.91 Å². The minimum Gasteiger partial charge on any atom is -0.457 e. The molecule has 2 aromatic heterocycles. The standard InChI is InChI=1S/C25H22N6O3/c26-14-17(24(28)33)13-20-21(22-23(27)29-15-30-25(22)31(20)11-4-12-32)16-7-9-19(10-8-16)34-18-5-2-1-3-6-18/h1-3,5-10,13,15,32H,4,11-12H2,(H2,28,33)(H2,27,29,30)/b17-13+. The molecule has 4 rings (SSSR count). The maximum atomic E-state index is 11.8. The number of nitrogens with two attached hydrogens (primary N) is 2. The van der Waals surface area contributed by atoms with Gasteiger partial charge in [0.2, 0.25) is 0 Å². The zero-order valence-electron chi connectivity index (χ0n) is 18.2. The number of primary amides is 1. The van der Waals surface area contributed by atoms with Gasteiger partial charge in [-0.3, -0.25) is 4.79 Å². The molecule has 0 saturated carbocycles. The normalized spacial score (nSPS) is 11.4. The Labute approximate surface area is 195 Å². The van der Waals surface area contributed by atoms with E-state index in [1.54, 1.807) is 4.57 Å². The smallest absolute Gasteiger partial charge is 0.259 e. The van der Waals surface area contributed by atoms with Crippen LogP contribution in [0.2, 0.25) is 0 Å². The van der Waals surface area contributed by atoms with Gasteiger partial charge in [0.05, 0.1) is 11.1 Å². The van der Waals surface area contributed by atoms with E-state index in [9.17, 15) is 15.2 Å². The van der Waals surface area contributed by atoms with Crippen molar-refractivity contribution >= 4 is 28.8 Å². The third-order valence-corrected chi connectivity index (χ3v) is 5.24. The number of hydrogen-bond donors (Lipinski definition) is 3. The van der Waals surface area contributed by atoms with Crippen molar-refractivity contribution in [3.05, 3.63) is 72.2 Å². The average Bonchev–Trinajstić information content (AvgIpc) is 3.16. The second kappa shape index (κ2) is 9.85. The minimum atomic E-state index is -0.849. The van der Waals surface area contributed by atoms with Crippen LogP contribution in [0.4, 0.5) is 5.82 Å². The zero-order valence-corrected chi connectivity index (χ0v) is 18.2. The number of aryl methyl sites for hydroxylation is 1. The largest absolute Gasteiger partial charge is 0.457 e. The van der Waals surface area contributed by atoms with Gasteiger partial charge in [-0.15, -0.1) is 0 Å². The summed E-state index contributed by atoms with van der Waals surface area (Å²) < 4.78 is 7.68. The van der Waals surface area contributed by atoms with Crippen LogP contribution in [0.3, 0.4) is 0 Å². The Kier molecular flexibility index (Phi) is 6.52. The number of carbonyl (C=O) groups excluding carboxylic acids is 1. The molecule has 34 heavy (non-hydrogen) atoms. The quantitative estimate of drug-likeness (QED) is 0.273. The molecule has 0 aliphatic carbocycles. The molecule has 9 heteroatoms. The van der Waals surface area contributed by atoms with Crippen LogP contribution in [0, 0.1) is 11.3 Å². The number of fused-ring (bicyclic) bond motifs is 1. The number of nitriles is 1. The third-order valence-electron chi connectivity index (χ3n) is 5.24. The number of amides is 1. The van der Waals surface area contributed by atoms with E-state index >= 15 is 0 Å². The lowest BCUT2D eigenvalue weighted by molar-refractivity contribution is -0.114. The fraction of sp³-hybridized carbons (Fsp3) is 0.120. The summed E-state index contributed by atoms with van der Waals surface area (Å²) in [6, 6.07) is 18.6. The number of anilines is 1. The second-order valence-corrected chi connectivity index (χ2v) is 7.42. The molecule has 9 nitrogen and oxygen atoms in total. The van der Waals surface area contributed by atoms with Crippen LogP contribution in [-0.2, 0) is 11.3 Å². The molecule has 0 unspecified atom stereocenters. The highest BCUT2D eigenvalue weighted by Crippen LogP contribution is 2.39. The Balaban J connectivity index is 1.91. The summed E-state index contributed by atoms with van der Waals surface area (Å²) in [4.78, 5) is 20.3. The van der Waals surface area contributed by atoms with Gasteiger partial charge < -0.3 is 25.9 Å². The van der Waals surface area contributed by atoms with Crippen molar-refractivity contribution < 1.29 is 14.6 Å². The number of rotatable bonds is 8. The first kappa shape index (κ1) is 22.5. The molecule has 2 aromatic carbocycles. The summed E-state index contributed by atoms with van der Waals surface area (Å²) in [6.45, 7) is 0.327. The molecule has 0 saturated heterocycles. The molecule has 1 amide bonds. The highest BCUT2D eigenvalue weighted by atomic mass is 16.5. The van der Waals surface area contributed by atoms with Gasteiger partial charge in [0.1, 0.15) is 40.9 Å². The Morgan fingerprint density at radius 2 is 1.82 bits per heavy atom. The van der Waals surface area contributed by atoms with Gasteiger partial charge in [-0.25, -0.2) is 9.97 Å². The van der Waals surface area contributed by atoms with E-state index in [2.05, 4.69) is 9.97 Å². The van der Waals surface area contributed by atoms with Gasteiger partial charge in [0.15, 0.2) is 0 Å². The number of nitrogen functional groups attached to an aromatic ring is 1. The van der Waals surface area contributed by atoms with Gasteiger partial charge in [0, 0.05) is 18.7 Å². The van der Waals surface area contributed by atoms with E-state index in [1.165, 1.54) is 12.4 Å². The number of aliphatic hydroxyl groups excluding tert-OH is 1. The topological polar surface area (TPSA) is 153 Å². The first-order chi connectivity index (χ1) is 16.5. The fourth-order valence-corrected chi connectivity index (χ4v) is 3.72. The molecular formula is C25H22N6O3. The summed E-state index contributed by atoms with van der Waals surface area (Å²) in [5.41, 5.74) is 13.9. The number of nitrogens with zero attached hydrogens (tertiary/aromatic N) is 4. The van der Waals surface area contributed by atoms with Gasteiger partial charge in [-0.05, 0) is 42.3 Å². The van der Waals surface area contributed by atoms with Crippen molar-refractivity contribution in [1.29, 1.82) is 5.26 Å². The molecule has 2 heterocycles. The number of aliphatic hydroxyl groups is 1. The number of benzene rings is 2. The molecule has 5 N–H and O–H groups in total. The van der Waals surface area contributed by atoms with E-state index in [-0.39, 0.29) is 18.0 Å². The summed E-state index contributed by atoms with van der Waals surface area (Å²) in [7, 11) is 0. The Morgan fingerprint density at radius 3 is 2.47 bits per heavy atom. The molecule has 4 aromatic rings. The van der Waals surface area contributed by atoms with Gasteiger partial charge in [-0.2, -0.15) is 5.26 Å². The van der Waals surface area contributed by atoms with Crippen LogP contribution in [0.15, 0.2) is 66.5 Å². The maximum absolute atomic E-state index is 11.8. The number of para-hydroxylation sites is 1. The van der Waals surface area contributed by atoms with Crippen LogP contribution in [-0.4, -0.2) is 32.2 Å². The van der Waals surface area contributed by atoms with Crippen LogP contribution >= 0.6 is 0 Å². The predicted molar refractivity (Wildman–Crippen MR) is 128 cm³/mol. The van der Waals surface area contributed by atoms with E-state index in [0.717, 1.165) is 5.56 Å². The van der Waals surface area contributed by atoms with Crippen molar-refractivity contribution in [3.63, 3.8) is 0 Å². The Bertz CT molecular complexity index is 1400.